The molecular formula is C20H24F2N4O. The molecule has 144 valence electrons. The Hall–Kier alpha value is -2.44. The lowest BCUT2D eigenvalue weighted by molar-refractivity contribution is 0.144. The summed E-state index contributed by atoms with van der Waals surface area (Å²) >= 11 is 0. The van der Waals surface area contributed by atoms with Gasteiger partial charge in [0.2, 0.25) is 0 Å². The number of piperidine rings is 1. The van der Waals surface area contributed by atoms with Crippen LogP contribution >= 0.6 is 0 Å². The third-order valence-corrected chi connectivity index (χ3v) is 5.43. The van der Waals surface area contributed by atoms with E-state index in [-0.39, 0.29) is 17.0 Å². The number of ether oxygens (including phenoxy) is 1. The molecule has 5 nitrogen and oxygen atoms in total. The van der Waals surface area contributed by atoms with Crippen LogP contribution in [0.4, 0.5) is 14.6 Å². The highest BCUT2D eigenvalue weighted by Gasteiger charge is 2.45. The fraction of sp³-hybridized carbons (Fsp3) is 0.500. The molecule has 0 amide bonds. The summed E-state index contributed by atoms with van der Waals surface area (Å²) in [5, 5.41) is 4.05. The lowest BCUT2D eigenvalue weighted by Crippen LogP contribution is -2.23. The Morgan fingerprint density at radius 3 is 2.70 bits per heavy atom. The van der Waals surface area contributed by atoms with Crippen molar-refractivity contribution in [1.82, 2.24) is 14.8 Å². The van der Waals surface area contributed by atoms with Crippen molar-refractivity contribution in [1.29, 1.82) is 0 Å². The Morgan fingerprint density at radius 1 is 1.33 bits per heavy atom. The number of aromatic nitrogens is 3. The number of hydrogen-bond acceptors (Lipinski definition) is 4. The zero-order valence-corrected chi connectivity index (χ0v) is 15.7. The van der Waals surface area contributed by atoms with Gasteiger partial charge in [0, 0.05) is 25.0 Å². The van der Waals surface area contributed by atoms with Crippen LogP contribution in [0.15, 0.2) is 24.9 Å². The first-order chi connectivity index (χ1) is 13.0. The van der Waals surface area contributed by atoms with Gasteiger partial charge in [0.05, 0.1) is 18.7 Å². The normalized spacial score (nSPS) is 20.9. The number of halogens is 2. The van der Waals surface area contributed by atoms with Gasteiger partial charge < -0.3 is 9.64 Å². The summed E-state index contributed by atoms with van der Waals surface area (Å²) in [5.74, 6) is 2.92. The van der Waals surface area contributed by atoms with E-state index in [9.17, 15) is 8.78 Å². The number of alkyl halides is 2. The number of fused-ring (bicyclic) bond motifs is 1. The predicted molar refractivity (Wildman–Crippen MR) is 99.7 cm³/mol. The van der Waals surface area contributed by atoms with Crippen molar-refractivity contribution in [3.63, 3.8) is 0 Å². The van der Waals surface area contributed by atoms with Gasteiger partial charge in [-0.2, -0.15) is 5.10 Å². The quantitative estimate of drug-likeness (QED) is 0.686. The summed E-state index contributed by atoms with van der Waals surface area (Å²) in [4.78, 5) is 7.07. The first-order valence-corrected chi connectivity index (χ1v) is 9.35. The average molecular weight is 374 g/mol. The number of anilines is 1. The Labute approximate surface area is 157 Å². The van der Waals surface area contributed by atoms with E-state index >= 15 is 0 Å². The molecule has 2 aromatic heterocycles. The predicted octanol–water partition coefficient (Wildman–Crippen LogP) is 4.04. The van der Waals surface area contributed by atoms with Crippen molar-refractivity contribution < 1.29 is 13.5 Å². The van der Waals surface area contributed by atoms with Gasteiger partial charge >= 0.3 is 0 Å². The molecule has 0 bridgehead atoms. The van der Waals surface area contributed by atoms with Gasteiger partial charge in [-0.25, -0.2) is 13.8 Å². The molecule has 1 saturated heterocycles. The van der Waals surface area contributed by atoms with Crippen LogP contribution in [0.5, 0.6) is 0 Å². The zero-order chi connectivity index (χ0) is 19.1. The molecule has 2 atom stereocenters. The minimum Gasteiger partial charge on any atom is -0.494 e. The van der Waals surface area contributed by atoms with Crippen LogP contribution in [0.25, 0.3) is 5.76 Å². The highest BCUT2D eigenvalue weighted by molar-refractivity contribution is 5.59. The SMILES string of the molecule is C=C(OCC)c1cn(Cc2ccc(N3CC4CC4C3)nc2C)nc1C(F)F. The third-order valence-electron chi connectivity index (χ3n) is 5.43. The molecule has 2 aliphatic rings. The fourth-order valence-corrected chi connectivity index (χ4v) is 3.82. The molecule has 27 heavy (non-hydrogen) atoms. The van der Waals surface area contributed by atoms with E-state index in [0.717, 1.165) is 42.0 Å². The second kappa shape index (κ2) is 6.94. The number of aryl methyl sites for hydroxylation is 1. The molecule has 0 N–H and O–H groups in total. The molecular weight excluding hydrogens is 350 g/mol. The number of pyridine rings is 1. The van der Waals surface area contributed by atoms with E-state index in [0.29, 0.717) is 13.2 Å². The number of nitrogens with zero attached hydrogens (tertiary/aromatic N) is 4. The number of rotatable bonds is 7. The molecule has 0 aromatic carbocycles. The summed E-state index contributed by atoms with van der Waals surface area (Å²) in [6.07, 6.45) is 0.247. The molecule has 0 spiro atoms. The molecule has 2 unspecified atom stereocenters. The lowest BCUT2D eigenvalue weighted by Gasteiger charge is -2.20. The molecule has 2 aromatic rings. The van der Waals surface area contributed by atoms with Gasteiger partial charge in [-0.15, -0.1) is 0 Å². The molecule has 4 rings (SSSR count). The molecule has 7 heteroatoms. The maximum absolute atomic E-state index is 13.3. The van der Waals surface area contributed by atoms with Crippen molar-refractivity contribution in [3.8, 4) is 0 Å². The molecule has 3 heterocycles. The van der Waals surface area contributed by atoms with Gasteiger partial charge in [0.15, 0.2) is 0 Å². The maximum atomic E-state index is 13.3. The first-order valence-electron chi connectivity index (χ1n) is 9.35. The number of hydrogen-bond donors (Lipinski definition) is 0. The standard InChI is InChI=1S/C20H24F2N4O/c1-4-27-13(3)17-11-26(24-19(17)20(21)22)10-14-5-6-18(23-12(14)2)25-8-15-7-16(15)9-25/h5-6,11,15-16,20H,3-4,7-10H2,1-2H3. The lowest BCUT2D eigenvalue weighted by atomic mass is 10.2. The second-order valence-electron chi connectivity index (χ2n) is 7.36. The highest BCUT2D eigenvalue weighted by Crippen LogP contribution is 2.45. The molecule has 1 saturated carbocycles. The summed E-state index contributed by atoms with van der Waals surface area (Å²) in [7, 11) is 0. The highest BCUT2D eigenvalue weighted by atomic mass is 19.3. The van der Waals surface area contributed by atoms with Crippen LogP contribution in [0.2, 0.25) is 0 Å². The Balaban J connectivity index is 1.53. The van der Waals surface area contributed by atoms with Crippen molar-refractivity contribution in [2.75, 3.05) is 24.6 Å². The van der Waals surface area contributed by atoms with Crippen LogP contribution in [0.1, 0.15) is 42.3 Å². The monoisotopic (exact) mass is 374 g/mol. The van der Waals surface area contributed by atoms with Crippen molar-refractivity contribution in [2.24, 2.45) is 11.8 Å². The van der Waals surface area contributed by atoms with Crippen LogP contribution in [-0.2, 0) is 11.3 Å². The van der Waals surface area contributed by atoms with E-state index in [1.54, 1.807) is 13.1 Å². The third kappa shape index (κ3) is 3.55. The Morgan fingerprint density at radius 2 is 2.07 bits per heavy atom. The molecule has 0 radical (unpaired) electrons. The summed E-state index contributed by atoms with van der Waals surface area (Å²) in [6, 6.07) is 4.03. The average Bonchev–Trinajstić information content (AvgIpc) is 3.05. The van der Waals surface area contributed by atoms with Gasteiger partial charge in [-0.3, -0.25) is 4.68 Å². The second-order valence-corrected chi connectivity index (χ2v) is 7.36. The van der Waals surface area contributed by atoms with E-state index in [2.05, 4.69) is 16.6 Å². The summed E-state index contributed by atoms with van der Waals surface area (Å²) < 4.78 is 33.5. The Kier molecular flexibility index (Phi) is 4.61. The largest absolute Gasteiger partial charge is 0.494 e. The minimum absolute atomic E-state index is 0.219. The van der Waals surface area contributed by atoms with Crippen LogP contribution in [0, 0.1) is 18.8 Å². The molecule has 1 aliphatic heterocycles. The zero-order valence-electron chi connectivity index (χ0n) is 15.7. The molecule has 2 fully saturated rings. The molecule has 1 aliphatic carbocycles. The van der Waals surface area contributed by atoms with E-state index in [1.807, 2.05) is 19.1 Å². The van der Waals surface area contributed by atoms with Crippen LogP contribution < -0.4 is 4.90 Å². The van der Waals surface area contributed by atoms with Gasteiger partial charge in [0.25, 0.3) is 6.43 Å². The van der Waals surface area contributed by atoms with E-state index in [1.165, 1.54) is 11.1 Å². The smallest absolute Gasteiger partial charge is 0.282 e. The van der Waals surface area contributed by atoms with E-state index in [4.69, 9.17) is 9.72 Å². The topological polar surface area (TPSA) is 43.2 Å². The van der Waals surface area contributed by atoms with Gasteiger partial charge in [-0.1, -0.05) is 12.6 Å². The van der Waals surface area contributed by atoms with Gasteiger partial charge in [-0.05, 0) is 43.7 Å². The van der Waals surface area contributed by atoms with Crippen LogP contribution in [-0.4, -0.2) is 34.5 Å². The maximum Gasteiger partial charge on any atom is 0.282 e. The first kappa shape index (κ1) is 17.9. The van der Waals surface area contributed by atoms with Crippen LogP contribution in [0.3, 0.4) is 0 Å². The van der Waals surface area contributed by atoms with Crippen molar-refractivity contribution in [3.05, 3.63) is 47.4 Å². The summed E-state index contributed by atoms with van der Waals surface area (Å²) in [6.45, 7) is 10.4. The van der Waals surface area contributed by atoms with Gasteiger partial charge in [0.1, 0.15) is 17.3 Å². The fourth-order valence-electron chi connectivity index (χ4n) is 3.82. The van der Waals surface area contributed by atoms with Crippen molar-refractivity contribution >= 4 is 11.6 Å². The minimum atomic E-state index is -2.68. The van der Waals surface area contributed by atoms with E-state index < -0.39 is 6.43 Å². The summed E-state index contributed by atoms with van der Waals surface area (Å²) in [5.41, 5.74) is 1.81. The van der Waals surface area contributed by atoms with Crippen molar-refractivity contribution in [2.45, 2.75) is 33.2 Å². The Bertz CT molecular complexity index is 854.